The van der Waals surface area contributed by atoms with Gasteiger partial charge in [-0.05, 0) is 76.6 Å². The molecule has 2 heterocycles. The number of benzene rings is 1. The Bertz CT molecular complexity index is 748. The summed E-state index contributed by atoms with van der Waals surface area (Å²) >= 11 is 0. The second kappa shape index (κ2) is 7.13. The number of nitrogens with zero attached hydrogens (tertiary/aromatic N) is 2. The van der Waals surface area contributed by atoms with Gasteiger partial charge in [-0.25, -0.2) is 0 Å². The lowest BCUT2D eigenvalue weighted by molar-refractivity contribution is 0.0640. The highest BCUT2D eigenvalue weighted by Gasteiger charge is 2.24. The van der Waals surface area contributed by atoms with Crippen LogP contribution in [-0.2, 0) is 19.4 Å². The minimum absolute atomic E-state index is 0.288. The summed E-state index contributed by atoms with van der Waals surface area (Å²) in [5.41, 5.74) is 5.69. The average Bonchev–Trinajstić information content (AvgIpc) is 2.91. The van der Waals surface area contributed by atoms with Crippen LogP contribution in [0.5, 0.6) is 0 Å². The van der Waals surface area contributed by atoms with Crippen LogP contribution in [0.2, 0.25) is 0 Å². The molecule has 0 bridgehead atoms. The number of rotatable bonds is 4. The van der Waals surface area contributed by atoms with Gasteiger partial charge in [0, 0.05) is 29.2 Å². The minimum atomic E-state index is -0.288. The highest BCUT2D eigenvalue weighted by atomic mass is 16.3. The van der Waals surface area contributed by atoms with E-state index in [-0.39, 0.29) is 6.10 Å². The first-order valence-corrected chi connectivity index (χ1v) is 10.2. The predicted molar refractivity (Wildman–Crippen MR) is 104 cm³/mol. The van der Waals surface area contributed by atoms with Gasteiger partial charge >= 0.3 is 0 Å². The highest BCUT2D eigenvalue weighted by molar-refractivity contribution is 5.86. The molecule has 1 fully saturated rings. The van der Waals surface area contributed by atoms with Gasteiger partial charge in [-0.2, -0.15) is 0 Å². The zero-order valence-electron chi connectivity index (χ0n) is 15.8. The third-order valence-electron chi connectivity index (χ3n) is 6.31. The molecule has 1 aromatic carbocycles. The van der Waals surface area contributed by atoms with Gasteiger partial charge in [0.2, 0.25) is 0 Å². The van der Waals surface area contributed by atoms with E-state index in [0.29, 0.717) is 6.04 Å². The third-order valence-corrected chi connectivity index (χ3v) is 6.31. The van der Waals surface area contributed by atoms with Crippen molar-refractivity contribution in [2.75, 3.05) is 13.1 Å². The van der Waals surface area contributed by atoms with Crippen LogP contribution in [0, 0.1) is 6.92 Å². The largest absolute Gasteiger partial charge is 0.390 e. The molecule has 3 heteroatoms. The minimum Gasteiger partial charge on any atom is -0.390 e. The Morgan fingerprint density at radius 3 is 2.80 bits per heavy atom. The SMILES string of the molecule is Cc1ccc2c(c1)c1c(n2C[C@H](O)CN2CCCC[C@@H]2C)CCCC1. The van der Waals surface area contributed by atoms with Gasteiger partial charge in [-0.3, -0.25) is 4.90 Å². The molecular formula is C22H32N2O. The number of likely N-dealkylation sites (tertiary alicyclic amines) is 1. The topological polar surface area (TPSA) is 28.4 Å². The van der Waals surface area contributed by atoms with Crippen LogP contribution in [0.4, 0.5) is 0 Å². The van der Waals surface area contributed by atoms with Crippen LogP contribution < -0.4 is 0 Å². The number of aromatic nitrogens is 1. The molecule has 1 aliphatic carbocycles. The first-order chi connectivity index (χ1) is 12.1. The van der Waals surface area contributed by atoms with Crippen molar-refractivity contribution in [1.82, 2.24) is 9.47 Å². The fourth-order valence-electron chi connectivity index (χ4n) is 4.93. The summed E-state index contributed by atoms with van der Waals surface area (Å²) in [5, 5.41) is 12.3. The fraction of sp³-hybridized carbons (Fsp3) is 0.636. The lowest BCUT2D eigenvalue weighted by atomic mass is 9.95. The van der Waals surface area contributed by atoms with Crippen molar-refractivity contribution in [3.05, 3.63) is 35.0 Å². The van der Waals surface area contributed by atoms with Gasteiger partial charge < -0.3 is 9.67 Å². The van der Waals surface area contributed by atoms with Crippen molar-refractivity contribution in [2.24, 2.45) is 0 Å². The molecule has 1 aromatic heterocycles. The molecule has 0 saturated carbocycles. The molecule has 25 heavy (non-hydrogen) atoms. The van der Waals surface area contributed by atoms with E-state index >= 15 is 0 Å². The van der Waals surface area contributed by atoms with Gasteiger partial charge in [0.1, 0.15) is 0 Å². The molecular weight excluding hydrogens is 308 g/mol. The normalized spacial score (nSPS) is 22.9. The molecule has 2 atom stereocenters. The van der Waals surface area contributed by atoms with E-state index in [2.05, 4.69) is 41.5 Å². The van der Waals surface area contributed by atoms with Crippen LogP contribution >= 0.6 is 0 Å². The Morgan fingerprint density at radius 1 is 1.12 bits per heavy atom. The number of aliphatic hydroxyl groups is 1. The maximum atomic E-state index is 10.8. The Morgan fingerprint density at radius 2 is 1.96 bits per heavy atom. The van der Waals surface area contributed by atoms with Crippen LogP contribution in [-0.4, -0.2) is 39.8 Å². The number of hydrogen-bond acceptors (Lipinski definition) is 2. The molecule has 1 saturated heterocycles. The number of β-amino-alcohol motifs (C(OH)–C–C–N with tert-alkyl or cyclic N) is 1. The molecule has 0 amide bonds. The highest BCUT2D eigenvalue weighted by Crippen LogP contribution is 2.33. The van der Waals surface area contributed by atoms with Crippen molar-refractivity contribution < 1.29 is 5.11 Å². The van der Waals surface area contributed by atoms with Gasteiger partial charge in [-0.15, -0.1) is 0 Å². The maximum Gasteiger partial charge on any atom is 0.0845 e. The van der Waals surface area contributed by atoms with Crippen LogP contribution in [0.1, 0.15) is 55.8 Å². The Kier molecular flexibility index (Phi) is 4.88. The van der Waals surface area contributed by atoms with E-state index in [1.165, 1.54) is 60.7 Å². The average molecular weight is 341 g/mol. The van der Waals surface area contributed by atoms with E-state index in [1.807, 2.05) is 0 Å². The molecule has 136 valence electrons. The smallest absolute Gasteiger partial charge is 0.0845 e. The van der Waals surface area contributed by atoms with Crippen molar-refractivity contribution in [3.63, 3.8) is 0 Å². The van der Waals surface area contributed by atoms with Gasteiger partial charge in [0.25, 0.3) is 0 Å². The van der Waals surface area contributed by atoms with Crippen LogP contribution in [0.15, 0.2) is 18.2 Å². The summed E-state index contributed by atoms with van der Waals surface area (Å²) in [4.78, 5) is 2.48. The van der Waals surface area contributed by atoms with Crippen molar-refractivity contribution in [2.45, 2.75) is 77.5 Å². The molecule has 2 aliphatic rings. The summed E-state index contributed by atoms with van der Waals surface area (Å²) in [7, 11) is 0. The van der Waals surface area contributed by atoms with Gasteiger partial charge in [-0.1, -0.05) is 18.1 Å². The second-order valence-electron chi connectivity index (χ2n) is 8.26. The number of hydrogen-bond donors (Lipinski definition) is 1. The number of piperidine rings is 1. The molecule has 4 rings (SSSR count). The Balaban J connectivity index is 1.60. The molecule has 3 nitrogen and oxygen atoms in total. The Hall–Kier alpha value is -1.32. The lowest BCUT2D eigenvalue weighted by Gasteiger charge is -2.35. The first-order valence-electron chi connectivity index (χ1n) is 10.2. The monoisotopic (exact) mass is 340 g/mol. The number of fused-ring (bicyclic) bond motifs is 3. The summed E-state index contributed by atoms with van der Waals surface area (Å²) in [6, 6.07) is 7.43. The zero-order chi connectivity index (χ0) is 17.4. The van der Waals surface area contributed by atoms with Crippen LogP contribution in [0.3, 0.4) is 0 Å². The van der Waals surface area contributed by atoms with Crippen LogP contribution in [0.25, 0.3) is 10.9 Å². The van der Waals surface area contributed by atoms with Crippen molar-refractivity contribution in [1.29, 1.82) is 0 Å². The van der Waals surface area contributed by atoms with Gasteiger partial charge in [0.15, 0.2) is 0 Å². The van der Waals surface area contributed by atoms with Gasteiger partial charge in [0.05, 0.1) is 12.6 Å². The molecule has 1 aliphatic heterocycles. The molecule has 1 N–H and O–H groups in total. The van der Waals surface area contributed by atoms with Crippen molar-refractivity contribution >= 4 is 10.9 Å². The summed E-state index contributed by atoms with van der Waals surface area (Å²) in [6.45, 7) is 7.17. The lowest BCUT2D eigenvalue weighted by Crippen LogP contribution is -2.43. The van der Waals surface area contributed by atoms with E-state index in [4.69, 9.17) is 0 Å². The molecule has 0 unspecified atom stereocenters. The predicted octanol–water partition coefficient (Wildman–Crippen LogP) is 4.06. The Labute approximate surface area is 151 Å². The summed E-state index contributed by atoms with van der Waals surface area (Å²) in [6.07, 6.45) is 8.53. The number of aliphatic hydroxyl groups excluding tert-OH is 1. The standard InChI is InChI=1S/C22H32N2O/c1-16-10-11-22-20(13-16)19-8-3-4-9-21(19)24(22)15-18(25)14-23-12-6-5-7-17(23)2/h10-11,13,17-18,25H,3-9,12,14-15H2,1-2H3/t17-,18+/m0/s1. The molecule has 0 spiro atoms. The number of aryl methyl sites for hydroxylation is 2. The van der Waals surface area contributed by atoms with E-state index in [1.54, 1.807) is 5.56 Å². The van der Waals surface area contributed by atoms with E-state index < -0.39 is 0 Å². The third kappa shape index (κ3) is 3.37. The van der Waals surface area contributed by atoms with Crippen molar-refractivity contribution in [3.8, 4) is 0 Å². The summed E-state index contributed by atoms with van der Waals surface area (Å²) in [5.74, 6) is 0. The summed E-state index contributed by atoms with van der Waals surface area (Å²) < 4.78 is 2.43. The fourth-order valence-corrected chi connectivity index (χ4v) is 4.93. The molecule has 2 aromatic rings. The van der Waals surface area contributed by atoms with E-state index in [9.17, 15) is 5.11 Å². The zero-order valence-corrected chi connectivity index (χ0v) is 15.8. The molecule has 0 radical (unpaired) electrons. The first kappa shape index (κ1) is 17.1. The quantitative estimate of drug-likeness (QED) is 0.909. The van der Waals surface area contributed by atoms with E-state index in [0.717, 1.165) is 26.1 Å². The maximum absolute atomic E-state index is 10.8. The second-order valence-corrected chi connectivity index (χ2v) is 8.26.